The first kappa shape index (κ1) is 20.2. The lowest BCUT2D eigenvalue weighted by atomic mass is 10.0. The molecule has 1 heterocycles. The molecule has 1 aromatic rings. The lowest BCUT2D eigenvalue weighted by Gasteiger charge is -2.41. The Hall–Kier alpha value is -1.14. The van der Waals surface area contributed by atoms with Gasteiger partial charge < -0.3 is 10.1 Å². The molecule has 1 fully saturated rings. The van der Waals surface area contributed by atoms with Crippen molar-refractivity contribution >= 4 is 17.5 Å². The van der Waals surface area contributed by atoms with Crippen LogP contribution in [0.2, 0.25) is 5.02 Å². The van der Waals surface area contributed by atoms with Gasteiger partial charge in [-0.15, -0.1) is 0 Å². The smallest absolute Gasteiger partial charge is 0.234 e. The summed E-state index contributed by atoms with van der Waals surface area (Å²) in [6.07, 6.45) is 0. The van der Waals surface area contributed by atoms with Gasteiger partial charge in [-0.3, -0.25) is 14.6 Å². The van der Waals surface area contributed by atoms with Crippen LogP contribution in [0.25, 0.3) is 0 Å². The Balaban J connectivity index is 1.82. The minimum Gasteiger partial charge on any atom is -0.379 e. The zero-order valence-electron chi connectivity index (χ0n) is 15.7. The number of nitrogens with zero attached hydrogens (tertiary/aromatic N) is 2. The number of carbonyl (C=O) groups is 1. The predicted molar refractivity (Wildman–Crippen MR) is 102 cm³/mol. The second kappa shape index (κ2) is 8.99. The number of rotatable bonds is 7. The fourth-order valence-corrected chi connectivity index (χ4v) is 3.23. The van der Waals surface area contributed by atoms with E-state index in [1.165, 1.54) is 0 Å². The van der Waals surface area contributed by atoms with Crippen LogP contribution in [0.15, 0.2) is 24.3 Å². The van der Waals surface area contributed by atoms with Crippen LogP contribution >= 0.6 is 11.6 Å². The van der Waals surface area contributed by atoms with E-state index >= 15 is 0 Å². The topological polar surface area (TPSA) is 44.8 Å². The molecule has 1 aromatic carbocycles. The van der Waals surface area contributed by atoms with Crippen LogP contribution < -0.4 is 5.32 Å². The highest BCUT2D eigenvalue weighted by Gasteiger charge is 2.28. The fourth-order valence-electron chi connectivity index (χ4n) is 3.04. The number of likely N-dealkylation sites (N-methyl/N-ethyl adjacent to an activating group) is 1. The Labute approximate surface area is 156 Å². The molecule has 1 amide bonds. The third-order valence-electron chi connectivity index (χ3n) is 4.97. The standard InChI is InChI=1S/C19H30ClN3O2/c1-15(16-6-5-7-17(20)12-16)22(4)13-18(24)21-14-19(2,3)23-8-10-25-11-9-23/h5-7,12,15H,8-11,13-14H2,1-4H3,(H,21,24). The highest BCUT2D eigenvalue weighted by molar-refractivity contribution is 6.30. The maximum atomic E-state index is 12.4. The van der Waals surface area contributed by atoms with Crippen molar-refractivity contribution in [3.63, 3.8) is 0 Å². The first-order chi connectivity index (χ1) is 11.8. The summed E-state index contributed by atoms with van der Waals surface area (Å²) in [5.74, 6) is 0.0395. The number of hydrogen-bond acceptors (Lipinski definition) is 4. The van der Waals surface area contributed by atoms with Crippen LogP contribution in [0.3, 0.4) is 0 Å². The lowest BCUT2D eigenvalue weighted by molar-refractivity contribution is -0.123. The van der Waals surface area contributed by atoms with E-state index in [2.05, 4.69) is 31.0 Å². The molecule has 5 nitrogen and oxygen atoms in total. The largest absolute Gasteiger partial charge is 0.379 e. The third-order valence-corrected chi connectivity index (χ3v) is 5.21. The van der Waals surface area contributed by atoms with Crippen LogP contribution in [-0.4, -0.2) is 67.7 Å². The summed E-state index contributed by atoms with van der Waals surface area (Å²) >= 11 is 6.06. The average Bonchev–Trinajstić information content (AvgIpc) is 2.60. The number of nitrogens with one attached hydrogen (secondary N) is 1. The molecule has 1 unspecified atom stereocenters. The maximum Gasteiger partial charge on any atom is 0.234 e. The lowest BCUT2D eigenvalue weighted by Crippen LogP contribution is -2.56. The molecule has 0 radical (unpaired) electrons. The summed E-state index contributed by atoms with van der Waals surface area (Å²) in [7, 11) is 1.96. The van der Waals surface area contributed by atoms with E-state index < -0.39 is 0 Å². The van der Waals surface area contributed by atoms with Gasteiger partial charge in [-0.05, 0) is 45.5 Å². The molecule has 2 rings (SSSR count). The van der Waals surface area contributed by atoms with Crippen molar-refractivity contribution in [3.8, 4) is 0 Å². The highest BCUT2D eigenvalue weighted by Crippen LogP contribution is 2.21. The number of ether oxygens (including phenoxy) is 1. The van der Waals surface area contributed by atoms with Crippen LogP contribution in [0.5, 0.6) is 0 Å². The third kappa shape index (κ3) is 5.96. The maximum absolute atomic E-state index is 12.4. The van der Waals surface area contributed by atoms with Gasteiger partial charge in [0.25, 0.3) is 0 Å². The summed E-state index contributed by atoms with van der Waals surface area (Å²) in [6.45, 7) is 10.7. The molecule has 6 heteroatoms. The molecule has 25 heavy (non-hydrogen) atoms. The number of hydrogen-bond donors (Lipinski definition) is 1. The second-order valence-corrected chi connectivity index (χ2v) is 7.77. The van der Waals surface area contributed by atoms with E-state index in [1.807, 2.05) is 36.2 Å². The van der Waals surface area contributed by atoms with Crippen LogP contribution in [0.4, 0.5) is 0 Å². The summed E-state index contributed by atoms with van der Waals surface area (Å²) in [4.78, 5) is 16.8. The Kier molecular flexibility index (Phi) is 7.25. The number of halogens is 1. The SMILES string of the molecule is CC(c1cccc(Cl)c1)N(C)CC(=O)NCC(C)(C)N1CCOCC1. The summed E-state index contributed by atoms with van der Waals surface area (Å²) in [5, 5.41) is 3.80. The molecule has 140 valence electrons. The summed E-state index contributed by atoms with van der Waals surface area (Å²) in [5.41, 5.74) is 1.03. The molecule has 0 bridgehead atoms. The zero-order valence-corrected chi connectivity index (χ0v) is 16.5. The molecule has 0 aliphatic carbocycles. The minimum absolute atomic E-state index is 0.0395. The van der Waals surface area contributed by atoms with Crippen molar-refractivity contribution in [1.82, 2.24) is 15.1 Å². The summed E-state index contributed by atoms with van der Waals surface area (Å²) in [6, 6.07) is 7.90. The van der Waals surface area contributed by atoms with Crippen molar-refractivity contribution in [3.05, 3.63) is 34.9 Å². The molecular weight excluding hydrogens is 338 g/mol. The normalized spacial score (nSPS) is 17.5. The van der Waals surface area contributed by atoms with Gasteiger partial charge in [0.05, 0.1) is 19.8 Å². The number of morpholine rings is 1. The van der Waals surface area contributed by atoms with Crippen molar-refractivity contribution in [2.45, 2.75) is 32.4 Å². The van der Waals surface area contributed by atoms with Crippen LogP contribution in [0, 0.1) is 0 Å². The molecule has 0 saturated carbocycles. The Morgan fingerprint density at radius 3 is 2.72 bits per heavy atom. The average molecular weight is 368 g/mol. The molecule has 1 aliphatic rings. The van der Waals surface area contributed by atoms with E-state index in [0.29, 0.717) is 13.1 Å². The van der Waals surface area contributed by atoms with Gasteiger partial charge in [0.1, 0.15) is 0 Å². The van der Waals surface area contributed by atoms with Crippen molar-refractivity contribution in [2.75, 3.05) is 46.4 Å². The monoisotopic (exact) mass is 367 g/mol. The van der Waals surface area contributed by atoms with E-state index in [9.17, 15) is 4.79 Å². The van der Waals surface area contributed by atoms with Gasteiger partial charge in [-0.25, -0.2) is 0 Å². The molecular formula is C19H30ClN3O2. The number of carbonyl (C=O) groups excluding carboxylic acids is 1. The van der Waals surface area contributed by atoms with Gasteiger partial charge in [0.15, 0.2) is 0 Å². The second-order valence-electron chi connectivity index (χ2n) is 7.33. The zero-order chi connectivity index (χ0) is 18.4. The van der Waals surface area contributed by atoms with Crippen molar-refractivity contribution in [1.29, 1.82) is 0 Å². The Bertz CT molecular complexity index is 574. The van der Waals surface area contributed by atoms with Crippen molar-refractivity contribution < 1.29 is 9.53 Å². The molecule has 1 atom stereocenters. The number of amides is 1. The highest BCUT2D eigenvalue weighted by atomic mass is 35.5. The van der Waals surface area contributed by atoms with Crippen LogP contribution in [-0.2, 0) is 9.53 Å². The van der Waals surface area contributed by atoms with E-state index in [-0.39, 0.29) is 17.5 Å². The first-order valence-electron chi connectivity index (χ1n) is 8.85. The fraction of sp³-hybridized carbons (Fsp3) is 0.632. The van der Waals surface area contributed by atoms with Gasteiger partial charge >= 0.3 is 0 Å². The minimum atomic E-state index is -0.0728. The summed E-state index contributed by atoms with van der Waals surface area (Å²) < 4.78 is 5.40. The van der Waals surface area contributed by atoms with Crippen molar-refractivity contribution in [2.24, 2.45) is 0 Å². The van der Waals surface area contributed by atoms with E-state index in [4.69, 9.17) is 16.3 Å². The van der Waals surface area contributed by atoms with Gasteiger partial charge in [0.2, 0.25) is 5.91 Å². The van der Waals surface area contributed by atoms with E-state index in [1.54, 1.807) is 0 Å². The molecule has 0 spiro atoms. The van der Waals surface area contributed by atoms with E-state index in [0.717, 1.165) is 36.9 Å². The number of benzene rings is 1. The molecule has 1 aliphatic heterocycles. The molecule has 0 aromatic heterocycles. The van der Waals surface area contributed by atoms with Gasteiger partial charge in [-0.1, -0.05) is 23.7 Å². The van der Waals surface area contributed by atoms with Crippen LogP contribution in [0.1, 0.15) is 32.4 Å². The van der Waals surface area contributed by atoms with Gasteiger partial charge in [-0.2, -0.15) is 0 Å². The Morgan fingerprint density at radius 1 is 1.40 bits per heavy atom. The molecule has 1 N–H and O–H groups in total. The Morgan fingerprint density at radius 2 is 2.08 bits per heavy atom. The quantitative estimate of drug-likeness (QED) is 0.804. The predicted octanol–water partition coefficient (Wildman–Crippen LogP) is 2.56. The first-order valence-corrected chi connectivity index (χ1v) is 9.22. The van der Waals surface area contributed by atoms with Gasteiger partial charge in [0, 0.05) is 36.2 Å². The molecule has 1 saturated heterocycles.